The van der Waals surface area contributed by atoms with Crippen molar-refractivity contribution >= 4 is 11.9 Å². The molecule has 0 spiro atoms. The zero-order valence-electron chi connectivity index (χ0n) is 9.69. The molecule has 0 unspecified atom stereocenters. The first kappa shape index (κ1) is 14.1. The molecule has 5 nitrogen and oxygen atoms in total. The summed E-state index contributed by atoms with van der Waals surface area (Å²) in [5.74, 6) is -1.87. The van der Waals surface area contributed by atoms with Crippen LogP contribution in [0.5, 0.6) is 0 Å². The maximum atomic E-state index is 13.2. The van der Waals surface area contributed by atoms with E-state index in [4.69, 9.17) is 5.11 Å². The van der Waals surface area contributed by atoms with Gasteiger partial charge in [0.25, 0.3) is 0 Å². The van der Waals surface area contributed by atoms with E-state index in [9.17, 15) is 14.0 Å². The van der Waals surface area contributed by atoms with E-state index in [-0.39, 0.29) is 19.0 Å². The van der Waals surface area contributed by atoms with Crippen molar-refractivity contribution in [2.45, 2.75) is 6.42 Å². The topological polar surface area (TPSA) is 75.6 Å². The molecule has 0 heterocycles. The lowest BCUT2D eigenvalue weighted by molar-refractivity contribution is -0.143. The number of ether oxygens (including phenoxy) is 1. The number of carbonyl (C=O) groups excluding carboxylic acids is 1. The lowest BCUT2D eigenvalue weighted by Crippen LogP contribution is -2.30. The monoisotopic (exact) mass is 255 g/mol. The molecule has 98 valence electrons. The summed E-state index contributed by atoms with van der Waals surface area (Å²) in [5, 5.41) is 10.8. The summed E-state index contributed by atoms with van der Waals surface area (Å²) in [4.78, 5) is 21.3. The molecule has 0 aliphatic heterocycles. The third kappa shape index (κ3) is 5.40. The van der Waals surface area contributed by atoms with Crippen LogP contribution in [0.2, 0.25) is 0 Å². The summed E-state index contributed by atoms with van der Waals surface area (Å²) < 4.78 is 17.8. The summed E-state index contributed by atoms with van der Waals surface area (Å²) in [6, 6.07) is 6.31. The van der Waals surface area contributed by atoms with E-state index < -0.39 is 18.5 Å². The molecule has 0 radical (unpaired) electrons. The number of carboxylic acid groups (broad SMARTS) is 1. The molecular formula is C12H14FNO4. The largest absolute Gasteiger partial charge is 0.480 e. The standard InChI is InChI=1S/C12H14FNO4/c13-10-4-2-1-3-9(10)5-6-14-11(15)7-18-8-12(16)17/h1-4H,5-8H2,(H,14,15)(H,16,17). The van der Waals surface area contributed by atoms with Crippen molar-refractivity contribution in [1.82, 2.24) is 5.32 Å². The maximum absolute atomic E-state index is 13.2. The van der Waals surface area contributed by atoms with Crippen molar-refractivity contribution in [1.29, 1.82) is 0 Å². The van der Waals surface area contributed by atoms with Crippen LogP contribution in [0.3, 0.4) is 0 Å². The second kappa shape index (κ2) is 7.39. The fraction of sp³-hybridized carbons (Fsp3) is 0.333. The number of hydrogen-bond acceptors (Lipinski definition) is 3. The lowest BCUT2D eigenvalue weighted by atomic mass is 10.1. The first-order valence-electron chi connectivity index (χ1n) is 5.39. The summed E-state index contributed by atoms with van der Waals surface area (Å²) >= 11 is 0. The van der Waals surface area contributed by atoms with Crippen LogP contribution in [-0.4, -0.2) is 36.7 Å². The predicted octanol–water partition coefficient (Wildman–Crippen LogP) is 0.586. The molecular weight excluding hydrogens is 241 g/mol. The van der Waals surface area contributed by atoms with Gasteiger partial charge in [0.2, 0.25) is 5.91 Å². The van der Waals surface area contributed by atoms with Gasteiger partial charge in [-0.15, -0.1) is 0 Å². The van der Waals surface area contributed by atoms with E-state index >= 15 is 0 Å². The molecule has 6 heteroatoms. The Morgan fingerprint density at radius 2 is 2.00 bits per heavy atom. The SMILES string of the molecule is O=C(O)COCC(=O)NCCc1ccccc1F. The van der Waals surface area contributed by atoms with Gasteiger partial charge in [-0.2, -0.15) is 0 Å². The Bertz CT molecular complexity index is 422. The number of carboxylic acids is 1. The number of carbonyl (C=O) groups is 2. The summed E-state index contributed by atoms with van der Waals surface area (Å²) in [5.41, 5.74) is 0.518. The smallest absolute Gasteiger partial charge is 0.329 e. The average Bonchev–Trinajstić information content (AvgIpc) is 2.31. The average molecular weight is 255 g/mol. The maximum Gasteiger partial charge on any atom is 0.329 e. The quantitative estimate of drug-likeness (QED) is 0.747. The fourth-order valence-electron chi connectivity index (χ4n) is 1.32. The van der Waals surface area contributed by atoms with E-state index in [1.807, 2.05) is 0 Å². The molecule has 0 atom stereocenters. The van der Waals surface area contributed by atoms with Crippen molar-refractivity contribution in [2.75, 3.05) is 19.8 Å². The minimum Gasteiger partial charge on any atom is -0.480 e. The van der Waals surface area contributed by atoms with Gasteiger partial charge in [0.15, 0.2) is 0 Å². The van der Waals surface area contributed by atoms with E-state index in [0.717, 1.165) is 0 Å². The van der Waals surface area contributed by atoms with E-state index in [2.05, 4.69) is 10.1 Å². The molecule has 0 fully saturated rings. The molecule has 0 saturated carbocycles. The van der Waals surface area contributed by atoms with Gasteiger partial charge in [0, 0.05) is 6.54 Å². The van der Waals surface area contributed by atoms with E-state index in [1.165, 1.54) is 6.07 Å². The molecule has 18 heavy (non-hydrogen) atoms. The molecule has 0 saturated heterocycles. The van der Waals surface area contributed by atoms with Crippen LogP contribution in [0, 0.1) is 5.82 Å². The highest BCUT2D eigenvalue weighted by Gasteiger charge is 2.04. The highest BCUT2D eigenvalue weighted by atomic mass is 19.1. The third-order valence-electron chi connectivity index (χ3n) is 2.13. The number of hydrogen-bond donors (Lipinski definition) is 2. The second-order valence-electron chi connectivity index (χ2n) is 3.58. The zero-order valence-corrected chi connectivity index (χ0v) is 9.69. The number of rotatable bonds is 7. The van der Waals surface area contributed by atoms with Gasteiger partial charge >= 0.3 is 5.97 Å². The molecule has 0 aromatic heterocycles. The number of aliphatic carboxylic acids is 1. The van der Waals surface area contributed by atoms with Gasteiger partial charge in [0.05, 0.1) is 0 Å². The Labute approximate surface area is 104 Å². The molecule has 0 bridgehead atoms. The molecule has 1 rings (SSSR count). The molecule has 2 N–H and O–H groups in total. The number of benzene rings is 1. The van der Waals surface area contributed by atoms with Crippen LogP contribution in [0.4, 0.5) is 4.39 Å². The minimum absolute atomic E-state index is 0.274. The molecule has 1 amide bonds. The highest BCUT2D eigenvalue weighted by molar-refractivity contribution is 5.77. The molecule has 1 aromatic rings. The van der Waals surface area contributed by atoms with Gasteiger partial charge in [-0.25, -0.2) is 9.18 Å². The number of amides is 1. The molecule has 1 aromatic carbocycles. The van der Waals surface area contributed by atoms with Gasteiger partial charge in [-0.3, -0.25) is 4.79 Å². The van der Waals surface area contributed by atoms with Crippen LogP contribution in [0.15, 0.2) is 24.3 Å². The normalized spacial score (nSPS) is 10.1. The first-order valence-corrected chi connectivity index (χ1v) is 5.39. The van der Waals surface area contributed by atoms with Crippen molar-refractivity contribution in [3.8, 4) is 0 Å². The minimum atomic E-state index is -1.13. The Morgan fingerprint density at radius 1 is 1.28 bits per heavy atom. The number of nitrogens with one attached hydrogen (secondary N) is 1. The first-order chi connectivity index (χ1) is 8.59. The van der Waals surface area contributed by atoms with Crippen LogP contribution in [-0.2, 0) is 20.7 Å². The van der Waals surface area contributed by atoms with Gasteiger partial charge in [-0.1, -0.05) is 18.2 Å². The fourth-order valence-corrected chi connectivity index (χ4v) is 1.32. The Kier molecular flexibility index (Phi) is 5.79. The van der Waals surface area contributed by atoms with Crippen LogP contribution in [0.25, 0.3) is 0 Å². The van der Waals surface area contributed by atoms with Crippen molar-refractivity contribution < 1.29 is 23.8 Å². The van der Waals surface area contributed by atoms with Gasteiger partial charge < -0.3 is 15.2 Å². The van der Waals surface area contributed by atoms with Crippen molar-refractivity contribution in [3.63, 3.8) is 0 Å². The van der Waals surface area contributed by atoms with Crippen LogP contribution < -0.4 is 5.32 Å². The third-order valence-corrected chi connectivity index (χ3v) is 2.13. The summed E-state index contributed by atoms with van der Waals surface area (Å²) in [6.45, 7) is -0.555. The predicted molar refractivity (Wildman–Crippen MR) is 61.6 cm³/mol. The van der Waals surface area contributed by atoms with Crippen molar-refractivity contribution in [3.05, 3.63) is 35.6 Å². The zero-order chi connectivity index (χ0) is 13.4. The van der Waals surface area contributed by atoms with Gasteiger partial charge in [-0.05, 0) is 18.1 Å². The van der Waals surface area contributed by atoms with Crippen LogP contribution >= 0.6 is 0 Å². The lowest BCUT2D eigenvalue weighted by Gasteiger charge is -2.06. The Morgan fingerprint density at radius 3 is 2.67 bits per heavy atom. The second-order valence-corrected chi connectivity index (χ2v) is 3.58. The molecule has 0 aliphatic carbocycles. The summed E-state index contributed by atoms with van der Waals surface area (Å²) in [7, 11) is 0. The Hall–Kier alpha value is -1.95. The number of halogens is 1. The van der Waals surface area contributed by atoms with E-state index in [0.29, 0.717) is 12.0 Å². The van der Waals surface area contributed by atoms with E-state index in [1.54, 1.807) is 18.2 Å². The van der Waals surface area contributed by atoms with Crippen molar-refractivity contribution in [2.24, 2.45) is 0 Å². The summed E-state index contributed by atoms with van der Waals surface area (Å²) in [6.07, 6.45) is 0.372. The molecule has 0 aliphatic rings. The highest BCUT2D eigenvalue weighted by Crippen LogP contribution is 2.05. The Balaban J connectivity index is 2.20. The van der Waals surface area contributed by atoms with Crippen LogP contribution in [0.1, 0.15) is 5.56 Å². The van der Waals surface area contributed by atoms with Gasteiger partial charge in [0.1, 0.15) is 19.0 Å².